The molecular formula is C14H27O-. The molecule has 0 aliphatic rings. The van der Waals surface area contributed by atoms with Crippen molar-refractivity contribution in [1.82, 2.24) is 0 Å². The average Bonchev–Trinajstić information content (AvgIpc) is 2.24. The summed E-state index contributed by atoms with van der Waals surface area (Å²) in [6.45, 7) is 4.58. The van der Waals surface area contributed by atoms with E-state index in [9.17, 15) is 5.11 Å². The van der Waals surface area contributed by atoms with E-state index < -0.39 is 0 Å². The molecule has 0 amide bonds. The fourth-order valence-corrected chi connectivity index (χ4v) is 1.70. The molecule has 90 valence electrons. The number of rotatable bonds is 10. The summed E-state index contributed by atoms with van der Waals surface area (Å²) >= 11 is 0. The smallest absolute Gasteiger partial charge is 0.0323 e. The van der Waals surface area contributed by atoms with E-state index in [1.54, 1.807) is 0 Å². The van der Waals surface area contributed by atoms with E-state index in [2.05, 4.69) is 19.9 Å². The van der Waals surface area contributed by atoms with E-state index in [0.29, 0.717) is 0 Å². The van der Waals surface area contributed by atoms with Crippen molar-refractivity contribution >= 4 is 0 Å². The minimum absolute atomic E-state index is 0.0969. The van der Waals surface area contributed by atoms with Crippen LogP contribution in [0.15, 0.2) is 11.6 Å². The van der Waals surface area contributed by atoms with Crippen molar-refractivity contribution in [2.24, 2.45) is 0 Å². The van der Waals surface area contributed by atoms with Crippen LogP contribution in [0.1, 0.15) is 71.6 Å². The van der Waals surface area contributed by atoms with Gasteiger partial charge in [0.05, 0.1) is 0 Å². The summed E-state index contributed by atoms with van der Waals surface area (Å²) in [6, 6.07) is 0. The predicted molar refractivity (Wildman–Crippen MR) is 65.9 cm³/mol. The molecule has 0 saturated carbocycles. The van der Waals surface area contributed by atoms with Crippen molar-refractivity contribution in [3.05, 3.63) is 11.6 Å². The molecule has 0 aliphatic carbocycles. The van der Waals surface area contributed by atoms with Gasteiger partial charge in [-0.1, -0.05) is 50.7 Å². The number of unbranched alkanes of at least 4 members (excludes halogenated alkanes) is 6. The summed E-state index contributed by atoms with van der Waals surface area (Å²) in [7, 11) is 0. The first-order valence-corrected chi connectivity index (χ1v) is 6.55. The third-order valence-corrected chi connectivity index (χ3v) is 2.77. The Balaban J connectivity index is 3.27. The van der Waals surface area contributed by atoms with E-state index in [1.807, 2.05) is 0 Å². The molecule has 0 fully saturated rings. The first-order chi connectivity index (χ1) is 7.31. The number of hydrogen-bond donors (Lipinski definition) is 0. The molecule has 0 aliphatic heterocycles. The first-order valence-electron chi connectivity index (χ1n) is 6.55. The first kappa shape index (κ1) is 14.7. The summed E-state index contributed by atoms with van der Waals surface area (Å²) in [6.07, 6.45) is 13.3. The number of hydrogen-bond acceptors (Lipinski definition) is 1. The zero-order chi connectivity index (χ0) is 11.4. The molecule has 15 heavy (non-hydrogen) atoms. The average molecular weight is 211 g/mol. The molecule has 0 aromatic carbocycles. The molecule has 1 nitrogen and oxygen atoms in total. The third-order valence-electron chi connectivity index (χ3n) is 2.77. The van der Waals surface area contributed by atoms with Gasteiger partial charge in [-0.05, 0) is 32.6 Å². The molecule has 0 heterocycles. The SMILES string of the molecule is CCCCCC/C(C)=C/CCCCC[O-]. The Morgan fingerprint density at radius 3 is 2.40 bits per heavy atom. The van der Waals surface area contributed by atoms with Gasteiger partial charge in [-0.2, -0.15) is 0 Å². The highest BCUT2D eigenvalue weighted by Gasteiger charge is 1.91. The Morgan fingerprint density at radius 1 is 1.00 bits per heavy atom. The van der Waals surface area contributed by atoms with Gasteiger partial charge in [-0.3, -0.25) is 0 Å². The van der Waals surface area contributed by atoms with Crippen LogP contribution >= 0.6 is 0 Å². The lowest BCUT2D eigenvalue weighted by Crippen LogP contribution is -2.04. The molecule has 0 aromatic heterocycles. The Kier molecular flexibility index (Phi) is 11.5. The second-order valence-electron chi connectivity index (χ2n) is 4.41. The Hall–Kier alpha value is -0.300. The van der Waals surface area contributed by atoms with Gasteiger partial charge >= 0.3 is 0 Å². The van der Waals surface area contributed by atoms with Crippen LogP contribution in [0.4, 0.5) is 0 Å². The van der Waals surface area contributed by atoms with Crippen LogP contribution in [0.25, 0.3) is 0 Å². The number of allylic oxidation sites excluding steroid dienone is 2. The Morgan fingerprint density at radius 2 is 1.73 bits per heavy atom. The van der Waals surface area contributed by atoms with E-state index in [1.165, 1.54) is 50.5 Å². The highest BCUT2D eigenvalue weighted by molar-refractivity contribution is 4.97. The van der Waals surface area contributed by atoms with Gasteiger partial charge in [0.25, 0.3) is 0 Å². The van der Waals surface area contributed by atoms with E-state index in [-0.39, 0.29) is 6.61 Å². The van der Waals surface area contributed by atoms with Crippen molar-refractivity contribution in [1.29, 1.82) is 0 Å². The van der Waals surface area contributed by atoms with E-state index in [0.717, 1.165) is 12.8 Å². The van der Waals surface area contributed by atoms with Gasteiger partial charge in [0.15, 0.2) is 0 Å². The molecule has 0 atom stereocenters. The van der Waals surface area contributed by atoms with Crippen LogP contribution in [0.2, 0.25) is 0 Å². The summed E-state index contributed by atoms with van der Waals surface area (Å²) < 4.78 is 0. The Bertz CT molecular complexity index is 149. The molecule has 0 N–H and O–H groups in total. The monoisotopic (exact) mass is 211 g/mol. The van der Waals surface area contributed by atoms with Gasteiger partial charge in [-0.25, -0.2) is 0 Å². The molecule has 0 rings (SSSR count). The maximum atomic E-state index is 10.2. The zero-order valence-electron chi connectivity index (χ0n) is 10.6. The maximum Gasteiger partial charge on any atom is -0.0323 e. The van der Waals surface area contributed by atoms with Crippen LogP contribution in [0.3, 0.4) is 0 Å². The predicted octanol–water partition coefficient (Wildman–Crippen LogP) is 3.82. The van der Waals surface area contributed by atoms with E-state index in [4.69, 9.17) is 0 Å². The largest absolute Gasteiger partial charge is 0.854 e. The maximum absolute atomic E-state index is 10.2. The summed E-state index contributed by atoms with van der Waals surface area (Å²) in [5, 5.41) is 10.2. The molecule has 1 heteroatoms. The van der Waals surface area contributed by atoms with Gasteiger partial charge in [-0.15, -0.1) is 6.61 Å². The summed E-state index contributed by atoms with van der Waals surface area (Å²) in [4.78, 5) is 0. The zero-order valence-corrected chi connectivity index (χ0v) is 10.6. The molecule has 0 spiro atoms. The minimum atomic E-state index is 0.0969. The molecule has 0 saturated heterocycles. The van der Waals surface area contributed by atoms with Gasteiger partial charge < -0.3 is 5.11 Å². The van der Waals surface area contributed by atoms with E-state index >= 15 is 0 Å². The van der Waals surface area contributed by atoms with Crippen LogP contribution in [-0.4, -0.2) is 6.61 Å². The standard InChI is InChI=1S/C14H27O/c1-3-4-5-8-11-14(2)12-9-6-7-10-13-15/h12H,3-11,13H2,1-2H3/q-1/b14-12+. The van der Waals surface area contributed by atoms with Crippen molar-refractivity contribution in [2.45, 2.75) is 71.6 Å². The van der Waals surface area contributed by atoms with Crippen molar-refractivity contribution in [2.75, 3.05) is 6.61 Å². The highest BCUT2D eigenvalue weighted by atomic mass is 16.2. The van der Waals surface area contributed by atoms with Crippen molar-refractivity contribution in [3.63, 3.8) is 0 Å². The van der Waals surface area contributed by atoms with Crippen LogP contribution in [-0.2, 0) is 0 Å². The quantitative estimate of drug-likeness (QED) is 0.398. The lowest BCUT2D eigenvalue weighted by molar-refractivity contribution is -0.368. The fourth-order valence-electron chi connectivity index (χ4n) is 1.70. The van der Waals surface area contributed by atoms with Gasteiger partial charge in [0.1, 0.15) is 0 Å². The molecule has 0 aromatic rings. The molecular weight excluding hydrogens is 184 g/mol. The van der Waals surface area contributed by atoms with Crippen molar-refractivity contribution in [3.8, 4) is 0 Å². The third kappa shape index (κ3) is 11.6. The molecule has 0 radical (unpaired) electrons. The van der Waals surface area contributed by atoms with Crippen molar-refractivity contribution < 1.29 is 5.11 Å². The normalized spacial score (nSPS) is 12.1. The van der Waals surface area contributed by atoms with Gasteiger partial charge in [0, 0.05) is 0 Å². The fraction of sp³-hybridized carbons (Fsp3) is 0.857. The lowest BCUT2D eigenvalue weighted by Gasteiger charge is -2.03. The van der Waals surface area contributed by atoms with Crippen LogP contribution in [0, 0.1) is 0 Å². The second kappa shape index (κ2) is 11.8. The highest BCUT2D eigenvalue weighted by Crippen LogP contribution is 2.11. The summed E-state index contributed by atoms with van der Waals surface area (Å²) in [5.41, 5.74) is 1.54. The molecule has 0 unspecified atom stereocenters. The lowest BCUT2D eigenvalue weighted by atomic mass is 10.1. The van der Waals surface area contributed by atoms with Crippen LogP contribution in [0.5, 0.6) is 0 Å². The Labute approximate surface area is 95.6 Å². The second-order valence-corrected chi connectivity index (χ2v) is 4.41. The minimum Gasteiger partial charge on any atom is -0.854 e. The van der Waals surface area contributed by atoms with Gasteiger partial charge in [0.2, 0.25) is 0 Å². The molecule has 0 bridgehead atoms. The van der Waals surface area contributed by atoms with Crippen LogP contribution < -0.4 is 5.11 Å². The summed E-state index contributed by atoms with van der Waals surface area (Å²) in [5.74, 6) is 0. The topological polar surface area (TPSA) is 23.1 Å².